The van der Waals surface area contributed by atoms with Crippen molar-refractivity contribution in [1.82, 2.24) is 0 Å². The Hall–Kier alpha value is -2.68. The zero-order chi connectivity index (χ0) is 13.4. The average molecular weight is 252 g/mol. The molecule has 0 bridgehead atoms. The highest BCUT2D eigenvalue weighted by molar-refractivity contribution is 5.98. The molecule has 3 rings (SSSR count). The van der Waals surface area contributed by atoms with E-state index in [9.17, 15) is 15.3 Å². The standard InChI is InChI=1S/C16H12O3/c17-11-4-6-13-10(8-11)2-1-3-14(13)15-7-5-12(18)9-16(15)19/h1-9,17-19H. The summed E-state index contributed by atoms with van der Waals surface area (Å²) in [7, 11) is 0. The van der Waals surface area contributed by atoms with Crippen LogP contribution in [0.5, 0.6) is 17.2 Å². The molecule has 0 spiro atoms. The van der Waals surface area contributed by atoms with E-state index in [1.165, 1.54) is 12.1 Å². The van der Waals surface area contributed by atoms with E-state index in [0.717, 1.165) is 16.3 Å². The van der Waals surface area contributed by atoms with E-state index in [1.807, 2.05) is 24.3 Å². The van der Waals surface area contributed by atoms with E-state index in [1.54, 1.807) is 18.2 Å². The molecule has 3 aromatic rings. The van der Waals surface area contributed by atoms with E-state index >= 15 is 0 Å². The van der Waals surface area contributed by atoms with Gasteiger partial charge in [0, 0.05) is 11.6 Å². The minimum atomic E-state index is 0.0270. The first-order valence-corrected chi connectivity index (χ1v) is 5.89. The molecule has 19 heavy (non-hydrogen) atoms. The van der Waals surface area contributed by atoms with Gasteiger partial charge in [0.1, 0.15) is 17.2 Å². The lowest BCUT2D eigenvalue weighted by Crippen LogP contribution is -1.82. The van der Waals surface area contributed by atoms with Gasteiger partial charge in [-0.1, -0.05) is 24.3 Å². The Morgan fingerprint density at radius 3 is 2.16 bits per heavy atom. The van der Waals surface area contributed by atoms with E-state index in [0.29, 0.717) is 5.56 Å². The average Bonchev–Trinajstić information content (AvgIpc) is 2.38. The van der Waals surface area contributed by atoms with Crippen LogP contribution in [0.4, 0.5) is 0 Å². The topological polar surface area (TPSA) is 60.7 Å². The van der Waals surface area contributed by atoms with Gasteiger partial charge in [-0.05, 0) is 40.6 Å². The van der Waals surface area contributed by atoms with Gasteiger partial charge in [-0.25, -0.2) is 0 Å². The fourth-order valence-corrected chi connectivity index (χ4v) is 2.25. The monoisotopic (exact) mass is 252 g/mol. The third-order valence-corrected chi connectivity index (χ3v) is 3.14. The van der Waals surface area contributed by atoms with Crippen LogP contribution in [0.1, 0.15) is 0 Å². The lowest BCUT2D eigenvalue weighted by atomic mass is 9.97. The molecule has 3 nitrogen and oxygen atoms in total. The molecule has 0 aliphatic rings. The van der Waals surface area contributed by atoms with Crippen molar-refractivity contribution >= 4 is 10.8 Å². The van der Waals surface area contributed by atoms with Crippen LogP contribution in [0.25, 0.3) is 21.9 Å². The highest BCUT2D eigenvalue weighted by atomic mass is 16.3. The summed E-state index contributed by atoms with van der Waals surface area (Å²) in [6.07, 6.45) is 0. The largest absolute Gasteiger partial charge is 0.508 e. The van der Waals surface area contributed by atoms with Crippen molar-refractivity contribution in [1.29, 1.82) is 0 Å². The number of phenolic OH excluding ortho intramolecular Hbond substituents is 3. The Bertz CT molecular complexity index is 763. The minimum Gasteiger partial charge on any atom is -0.508 e. The van der Waals surface area contributed by atoms with E-state index in [4.69, 9.17) is 0 Å². The van der Waals surface area contributed by atoms with Crippen LogP contribution >= 0.6 is 0 Å². The second kappa shape index (κ2) is 4.21. The molecule has 0 aliphatic heterocycles. The smallest absolute Gasteiger partial charge is 0.127 e. The second-order valence-corrected chi connectivity index (χ2v) is 4.41. The molecular formula is C16H12O3. The molecule has 0 heterocycles. The molecule has 0 radical (unpaired) electrons. The summed E-state index contributed by atoms with van der Waals surface area (Å²) in [4.78, 5) is 0. The van der Waals surface area contributed by atoms with E-state index in [2.05, 4.69) is 0 Å². The number of benzene rings is 3. The zero-order valence-corrected chi connectivity index (χ0v) is 10.0. The van der Waals surface area contributed by atoms with Gasteiger partial charge in [-0.15, -0.1) is 0 Å². The number of rotatable bonds is 1. The van der Waals surface area contributed by atoms with Crippen molar-refractivity contribution in [2.24, 2.45) is 0 Å². The third-order valence-electron chi connectivity index (χ3n) is 3.14. The number of hydrogen-bond acceptors (Lipinski definition) is 3. The highest BCUT2D eigenvalue weighted by Crippen LogP contribution is 2.36. The molecule has 0 atom stereocenters. The summed E-state index contributed by atoms with van der Waals surface area (Å²) >= 11 is 0. The zero-order valence-electron chi connectivity index (χ0n) is 10.0. The van der Waals surface area contributed by atoms with Crippen LogP contribution in [-0.4, -0.2) is 15.3 Å². The van der Waals surface area contributed by atoms with Crippen molar-refractivity contribution in [3.8, 4) is 28.4 Å². The predicted octanol–water partition coefficient (Wildman–Crippen LogP) is 3.62. The van der Waals surface area contributed by atoms with Gasteiger partial charge in [0.15, 0.2) is 0 Å². The number of hydrogen-bond donors (Lipinski definition) is 3. The Balaban J connectivity index is 2.30. The van der Waals surface area contributed by atoms with Gasteiger partial charge < -0.3 is 15.3 Å². The Kier molecular flexibility index (Phi) is 2.53. The van der Waals surface area contributed by atoms with Gasteiger partial charge >= 0.3 is 0 Å². The first-order valence-electron chi connectivity index (χ1n) is 5.89. The molecule has 3 heteroatoms. The molecule has 0 saturated heterocycles. The van der Waals surface area contributed by atoms with Crippen LogP contribution in [0.3, 0.4) is 0 Å². The van der Waals surface area contributed by atoms with Crippen molar-refractivity contribution in [3.05, 3.63) is 54.6 Å². The lowest BCUT2D eigenvalue weighted by molar-refractivity contribution is 0.452. The molecule has 3 aromatic carbocycles. The molecule has 0 aromatic heterocycles. The number of aromatic hydroxyl groups is 3. The SMILES string of the molecule is Oc1ccc(-c2cccc3cc(O)ccc23)c(O)c1. The first-order chi connectivity index (χ1) is 9.15. The molecule has 0 saturated carbocycles. The fourth-order valence-electron chi connectivity index (χ4n) is 2.25. The van der Waals surface area contributed by atoms with Gasteiger partial charge in [0.2, 0.25) is 0 Å². The molecule has 0 aliphatic carbocycles. The maximum atomic E-state index is 9.95. The normalized spacial score (nSPS) is 10.7. The minimum absolute atomic E-state index is 0.0270. The van der Waals surface area contributed by atoms with Crippen molar-refractivity contribution in [2.45, 2.75) is 0 Å². The van der Waals surface area contributed by atoms with Crippen molar-refractivity contribution in [3.63, 3.8) is 0 Å². The van der Waals surface area contributed by atoms with Crippen LogP contribution in [-0.2, 0) is 0 Å². The lowest BCUT2D eigenvalue weighted by Gasteiger charge is -2.09. The second-order valence-electron chi connectivity index (χ2n) is 4.41. The fraction of sp³-hybridized carbons (Fsp3) is 0. The van der Waals surface area contributed by atoms with Crippen LogP contribution < -0.4 is 0 Å². The maximum Gasteiger partial charge on any atom is 0.127 e. The Morgan fingerprint density at radius 2 is 1.37 bits per heavy atom. The number of fused-ring (bicyclic) bond motifs is 1. The molecule has 0 fully saturated rings. The first kappa shape index (κ1) is 11.4. The van der Waals surface area contributed by atoms with Crippen LogP contribution in [0, 0.1) is 0 Å². The predicted molar refractivity (Wildman–Crippen MR) is 74.4 cm³/mol. The summed E-state index contributed by atoms with van der Waals surface area (Å²) in [5.74, 6) is 0.263. The Labute approximate surface area is 110 Å². The van der Waals surface area contributed by atoms with Gasteiger partial charge in [-0.3, -0.25) is 0 Å². The molecule has 3 N–H and O–H groups in total. The molecule has 94 valence electrons. The third kappa shape index (κ3) is 1.95. The summed E-state index contributed by atoms with van der Waals surface area (Å²) in [6.45, 7) is 0. The van der Waals surface area contributed by atoms with Crippen molar-refractivity contribution in [2.75, 3.05) is 0 Å². The molecular weight excluding hydrogens is 240 g/mol. The molecule has 0 amide bonds. The highest BCUT2D eigenvalue weighted by Gasteiger charge is 2.09. The quantitative estimate of drug-likeness (QED) is 0.619. The molecule has 0 unspecified atom stereocenters. The maximum absolute atomic E-state index is 9.95. The van der Waals surface area contributed by atoms with Gasteiger partial charge in [-0.2, -0.15) is 0 Å². The summed E-state index contributed by atoms with van der Waals surface area (Å²) in [6, 6.07) is 15.3. The summed E-state index contributed by atoms with van der Waals surface area (Å²) < 4.78 is 0. The van der Waals surface area contributed by atoms with E-state index < -0.39 is 0 Å². The van der Waals surface area contributed by atoms with Crippen molar-refractivity contribution < 1.29 is 15.3 Å². The van der Waals surface area contributed by atoms with Crippen LogP contribution in [0.15, 0.2) is 54.6 Å². The van der Waals surface area contributed by atoms with E-state index in [-0.39, 0.29) is 17.2 Å². The van der Waals surface area contributed by atoms with Crippen LogP contribution in [0.2, 0.25) is 0 Å². The Morgan fingerprint density at radius 1 is 0.632 bits per heavy atom. The van der Waals surface area contributed by atoms with Gasteiger partial charge in [0.05, 0.1) is 0 Å². The summed E-state index contributed by atoms with van der Waals surface area (Å²) in [5.41, 5.74) is 1.50. The number of phenols is 3. The summed E-state index contributed by atoms with van der Waals surface area (Å²) in [5, 5.41) is 30.6. The van der Waals surface area contributed by atoms with Gasteiger partial charge in [0.25, 0.3) is 0 Å².